The smallest absolute Gasteiger partial charge is 0.261 e. The van der Waals surface area contributed by atoms with E-state index in [0.29, 0.717) is 47.0 Å². The van der Waals surface area contributed by atoms with Gasteiger partial charge in [0.05, 0.1) is 23.7 Å². The molecule has 0 aliphatic carbocycles. The van der Waals surface area contributed by atoms with Crippen LogP contribution < -0.4 is 14.8 Å². The molecule has 2 heterocycles. The van der Waals surface area contributed by atoms with Crippen LogP contribution in [0.2, 0.25) is 0 Å². The Kier molecular flexibility index (Phi) is 5.30. The summed E-state index contributed by atoms with van der Waals surface area (Å²) in [5.74, 6) is 0.476. The average Bonchev–Trinajstić information content (AvgIpc) is 3.09. The van der Waals surface area contributed by atoms with Crippen LogP contribution in [0.4, 0.5) is 0 Å². The van der Waals surface area contributed by atoms with Crippen LogP contribution in [-0.2, 0) is 6.54 Å². The van der Waals surface area contributed by atoms with Gasteiger partial charge in [-0.15, -0.1) is 0 Å². The fraction of sp³-hybridized carbons (Fsp3) is 0.192. The van der Waals surface area contributed by atoms with Gasteiger partial charge in [0, 0.05) is 5.56 Å². The highest BCUT2D eigenvalue weighted by Gasteiger charge is 2.35. The molecule has 2 aliphatic heterocycles. The molecular formula is C26H22N2O5. The minimum absolute atomic E-state index is 0.102. The van der Waals surface area contributed by atoms with Crippen molar-refractivity contribution in [2.45, 2.75) is 19.5 Å². The molecule has 1 unspecified atom stereocenters. The summed E-state index contributed by atoms with van der Waals surface area (Å²) in [7, 11) is 0. The van der Waals surface area contributed by atoms with Gasteiger partial charge >= 0.3 is 0 Å². The molecule has 5 rings (SSSR count). The summed E-state index contributed by atoms with van der Waals surface area (Å²) < 4.78 is 11.2. The first-order valence-electron chi connectivity index (χ1n) is 10.8. The Morgan fingerprint density at radius 2 is 1.61 bits per heavy atom. The zero-order valence-electron chi connectivity index (χ0n) is 18.0. The molecule has 1 N–H and O–H groups in total. The first kappa shape index (κ1) is 20.8. The third-order valence-corrected chi connectivity index (χ3v) is 5.82. The lowest BCUT2D eigenvalue weighted by atomic mass is 10.1. The van der Waals surface area contributed by atoms with E-state index in [9.17, 15) is 14.4 Å². The van der Waals surface area contributed by atoms with Gasteiger partial charge in [-0.1, -0.05) is 30.3 Å². The van der Waals surface area contributed by atoms with Crippen LogP contribution in [0.25, 0.3) is 0 Å². The minimum atomic E-state index is -0.322. The lowest BCUT2D eigenvalue weighted by molar-refractivity contribution is 0.0642. The zero-order valence-corrected chi connectivity index (χ0v) is 18.0. The topological polar surface area (TPSA) is 84.9 Å². The number of nitrogens with one attached hydrogen (secondary N) is 1. The number of nitrogens with zero attached hydrogens (tertiary/aromatic N) is 1. The molecule has 1 atom stereocenters. The van der Waals surface area contributed by atoms with E-state index in [0.717, 1.165) is 5.56 Å². The molecule has 0 fully saturated rings. The summed E-state index contributed by atoms with van der Waals surface area (Å²) in [6, 6.07) is 19.1. The van der Waals surface area contributed by atoms with E-state index in [1.54, 1.807) is 48.5 Å². The molecule has 3 aromatic carbocycles. The predicted molar refractivity (Wildman–Crippen MR) is 120 cm³/mol. The number of fused-ring (bicyclic) bond motifs is 2. The summed E-state index contributed by atoms with van der Waals surface area (Å²) in [5, 5.41) is 2.99. The van der Waals surface area contributed by atoms with Crippen molar-refractivity contribution in [3.05, 3.63) is 94.5 Å². The lowest BCUT2D eigenvalue weighted by Crippen LogP contribution is -2.29. The van der Waals surface area contributed by atoms with Gasteiger partial charge < -0.3 is 14.8 Å². The second kappa shape index (κ2) is 8.43. The van der Waals surface area contributed by atoms with Gasteiger partial charge in [-0.05, 0) is 54.4 Å². The Labute approximate surface area is 190 Å². The number of hydrogen-bond donors (Lipinski definition) is 1. The maximum atomic E-state index is 12.9. The molecule has 33 heavy (non-hydrogen) atoms. The number of rotatable bonds is 5. The number of amides is 3. The normalized spacial score (nSPS) is 15.2. The van der Waals surface area contributed by atoms with Crippen molar-refractivity contribution < 1.29 is 23.9 Å². The zero-order chi connectivity index (χ0) is 22.9. The summed E-state index contributed by atoms with van der Waals surface area (Å²) in [6.45, 7) is 3.02. The molecule has 2 aliphatic rings. The molecule has 0 radical (unpaired) electrons. The fourth-order valence-corrected chi connectivity index (χ4v) is 4.07. The highest BCUT2D eigenvalue weighted by atomic mass is 16.6. The Balaban J connectivity index is 1.29. The Bertz CT molecular complexity index is 1230. The van der Waals surface area contributed by atoms with Gasteiger partial charge in [0.25, 0.3) is 17.7 Å². The van der Waals surface area contributed by atoms with Crippen LogP contribution in [0.5, 0.6) is 11.5 Å². The number of benzene rings is 3. The van der Waals surface area contributed by atoms with E-state index in [1.165, 1.54) is 4.90 Å². The highest BCUT2D eigenvalue weighted by molar-refractivity contribution is 6.21. The third kappa shape index (κ3) is 3.93. The minimum Gasteiger partial charge on any atom is -0.486 e. The summed E-state index contributed by atoms with van der Waals surface area (Å²) in [6.07, 6.45) is 0. The lowest BCUT2D eigenvalue weighted by Gasteiger charge is -2.21. The van der Waals surface area contributed by atoms with Gasteiger partial charge in [-0.25, -0.2) is 0 Å². The molecule has 7 nitrogen and oxygen atoms in total. The number of carbonyl (C=O) groups is 3. The summed E-state index contributed by atoms with van der Waals surface area (Å²) in [4.78, 5) is 39.4. The summed E-state index contributed by atoms with van der Waals surface area (Å²) in [5.41, 5.74) is 2.86. The molecule has 3 amide bonds. The molecule has 0 bridgehead atoms. The van der Waals surface area contributed by atoms with Gasteiger partial charge in [-0.2, -0.15) is 0 Å². The maximum Gasteiger partial charge on any atom is 0.261 e. The second-order valence-electron chi connectivity index (χ2n) is 8.04. The number of imide groups is 1. The molecule has 0 saturated carbocycles. The van der Waals surface area contributed by atoms with Crippen LogP contribution in [0.15, 0.2) is 66.7 Å². The number of hydrogen-bond acceptors (Lipinski definition) is 5. The molecule has 0 saturated heterocycles. The van der Waals surface area contributed by atoms with Crippen molar-refractivity contribution in [3.8, 4) is 11.5 Å². The third-order valence-electron chi connectivity index (χ3n) is 5.82. The van der Waals surface area contributed by atoms with Crippen LogP contribution in [-0.4, -0.2) is 35.8 Å². The van der Waals surface area contributed by atoms with Crippen molar-refractivity contribution in [1.82, 2.24) is 10.2 Å². The van der Waals surface area contributed by atoms with E-state index in [2.05, 4.69) is 5.32 Å². The monoisotopic (exact) mass is 442 g/mol. The SMILES string of the molecule is CC(NC(=O)c1cccc(CN2C(=O)c3ccccc3C2=O)c1)c1ccc2c(c1)OCCO2. The van der Waals surface area contributed by atoms with Crippen molar-refractivity contribution in [1.29, 1.82) is 0 Å². The van der Waals surface area contributed by atoms with Gasteiger partial charge in [-0.3, -0.25) is 19.3 Å². The van der Waals surface area contributed by atoms with Crippen molar-refractivity contribution >= 4 is 17.7 Å². The van der Waals surface area contributed by atoms with Gasteiger partial charge in [0.15, 0.2) is 11.5 Å². The van der Waals surface area contributed by atoms with E-state index < -0.39 is 0 Å². The van der Waals surface area contributed by atoms with E-state index in [4.69, 9.17) is 9.47 Å². The quantitative estimate of drug-likeness (QED) is 0.609. The first-order valence-corrected chi connectivity index (χ1v) is 10.8. The first-order chi connectivity index (χ1) is 16.0. The number of carbonyl (C=O) groups excluding carboxylic acids is 3. The molecule has 0 aromatic heterocycles. The van der Waals surface area contributed by atoms with Gasteiger partial charge in [0.2, 0.25) is 0 Å². The van der Waals surface area contributed by atoms with E-state index in [1.807, 2.05) is 25.1 Å². The fourth-order valence-electron chi connectivity index (χ4n) is 4.07. The van der Waals surface area contributed by atoms with Crippen molar-refractivity contribution in [2.75, 3.05) is 13.2 Å². The molecular weight excluding hydrogens is 420 g/mol. The predicted octanol–water partition coefficient (Wildman–Crippen LogP) is 3.75. The Morgan fingerprint density at radius 1 is 0.909 bits per heavy atom. The van der Waals surface area contributed by atoms with E-state index in [-0.39, 0.29) is 30.3 Å². The van der Waals surface area contributed by atoms with Crippen molar-refractivity contribution in [2.24, 2.45) is 0 Å². The maximum absolute atomic E-state index is 12.9. The molecule has 3 aromatic rings. The molecule has 166 valence electrons. The average molecular weight is 442 g/mol. The van der Waals surface area contributed by atoms with Crippen molar-refractivity contribution in [3.63, 3.8) is 0 Å². The van der Waals surface area contributed by atoms with Crippen LogP contribution in [0.1, 0.15) is 55.2 Å². The Hall–Kier alpha value is -4.13. The van der Waals surface area contributed by atoms with Gasteiger partial charge in [0.1, 0.15) is 13.2 Å². The van der Waals surface area contributed by atoms with Crippen LogP contribution in [0, 0.1) is 0 Å². The second-order valence-corrected chi connectivity index (χ2v) is 8.04. The van der Waals surface area contributed by atoms with Crippen LogP contribution in [0.3, 0.4) is 0 Å². The molecule has 0 spiro atoms. The van der Waals surface area contributed by atoms with Crippen LogP contribution >= 0.6 is 0 Å². The number of ether oxygens (including phenoxy) is 2. The van der Waals surface area contributed by atoms with E-state index >= 15 is 0 Å². The molecule has 7 heteroatoms. The standard InChI is InChI=1S/C26H22N2O5/c1-16(18-9-10-22-23(14-18)33-12-11-32-22)27-24(29)19-6-4-5-17(13-19)15-28-25(30)20-7-2-3-8-21(20)26(28)31/h2-10,13-14,16H,11-12,15H2,1H3,(H,27,29). The summed E-state index contributed by atoms with van der Waals surface area (Å²) >= 11 is 0. The highest BCUT2D eigenvalue weighted by Crippen LogP contribution is 2.32. The largest absolute Gasteiger partial charge is 0.486 e. The Morgan fingerprint density at radius 3 is 2.33 bits per heavy atom.